The van der Waals surface area contributed by atoms with Gasteiger partial charge in [0.2, 0.25) is 5.88 Å². The van der Waals surface area contributed by atoms with Gasteiger partial charge in [-0.1, -0.05) is 18.2 Å². The SMILES string of the molecule is CN(C(=O)O)c1cc2cc(-c3ccc(C(=O)N4CC(F)C4)cc3F)cc(-c3ccc(F)cc3)c2o1. The minimum atomic E-state index is -1.22. The van der Waals surface area contributed by atoms with Crippen molar-refractivity contribution >= 4 is 28.9 Å². The Hall–Kier alpha value is -4.27. The molecule has 9 heteroatoms. The van der Waals surface area contributed by atoms with Crippen molar-refractivity contribution in [2.24, 2.45) is 0 Å². The molecule has 0 bridgehead atoms. The normalized spacial score (nSPS) is 13.7. The van der Waals surface area contributed by atoms with E-state index in [-0.39, 0.29) is 30.1 Å². The number of anilines is 1. The number of furan rings is 1. The van der Waals surface area contributed by atoms with Crippen molar-refractivity contribution < 1.29 is 32.3 Å². The Labute approximate surface area is 197 Å². The highest BCUT2D eigenvalue weighted by molar-refractivity contribution is 6.00. The maximum absolute atomic E-state index is 15.2. The van der Waals surface area contributed by atoms with Crippen molar-refractivity contribution in [2.45, 2.75) is 6.17 Å². The van der Waals surface area contributed by atoms with Crippen LogP contribution >= 0.6 is 0 Å². The van der Waals surface area contributed by atoms with Crippen LogP contribution in [0.2, 0.25) is 0 Å². The zero-order valence-electron chi connectivity index (χ0n) is 18.5. The summed E-state index contributed by atoms with van der Waals surface area (Å²) in [6, 6.07) is 14.5. The summed E-state index contributed by atoms with van der Waals surface area (Å²) in [5, 5.41) is 9.83. The maximum Gasteiger partial charge on any atom is 0.413 e. The third kappa shape index (κ3) is 4.09. The van der Waals surface area contributed by atoms with Crippen molar-refractivity contribution in [3.63, 3.8) is 0 Å². The number of alkyl halides is 1. The number of carbonyl (C=O) groups is 2. The van der Waals surface area contributed by atoms with Crippen LogP contribution in [0.4, 0.5) is 23.8 Å². The van der Waals surface area contributed by atoms with Gasteiger partial charge in [0.15, 0.2) is 0 Å². The summed E-state index contributed by atoms with van der Waals surface area (Å²) >= 11 is 0. The first-order valence-corrected chi connectivity index (χ1v) is 10.7. The van der Waals surface area contributed by atoms with E-state index in [1.165, 1.54) is 42.3 Å². The van der Waals surface area contributed by atoms with Crippen molar-refractivity contribution in [1.29, 1.82) is 0 Å². The minimum absolute atomic E-state index is 0.00644. The van der Waals surface area contributed by atoms with Crippen LogP contribution in [0.1, 0.15) is 10.4 Å². The van der Waals surface area contributed by atoms with Gasteiger partial charge in [-0.3, -0.25) is 9.69 Å². The summed E-state index contributed by atoms with van der Waals surface area (Å²) in [7, 11) is 1.33. The molecule has 0 unspecified atom stereocenters. The summed E-state index contributed by atoms with van der Waals surface area (Å²) < 4.78 is 47.6. The van der Waals surface area contributed by atoms with Crippen LogP contribution in [0.3, 0.4) is 0 Å². The Kier molecular flexibility index (Phi) is 5.47. The molecule has 0 radical (unpaired) electrons. The number of carbonyl (C=O) groups excluding carboxylic acids is 1. The molecule has 2 heterocycles. The van der Waals surface area contributed by atoms with Crippen molar-refractivity contribution in [3.05, 3.63) is 77.9 Å². The Morgan fingerprint density at radius 1 is 0.971 bits per heavy atom. The fourth-order valence-corrected chi connectivity index (χ4v) is 4.05. The Morgan fingerprint density at radius 3 is 2.31 bits per heavy atom. The highest BCUT2D eigenvalue weighted by atomic mass is 19.1. The lowest BCUT2D eigenvalue weighted by Gasteiger charge is -2.34. The largest absolute Gasteiger partial charge is 0.465 e. The number of hydrogen-bond donors (Lipinski definition) is 1. The fourth-order valence-electron chi connectivity index (χ4n) is 4.05. The predicted molar refractivity (Wildman–Crippen MR) is 124 cm³/mol. The van der Waals surface area contributed by atoms with Crippen LogP contribution in [-0.4, -0.2) is 48.3 Å². The molecule has 2 amide bonds. The molecule has 1 saturated heterocycles. The summed E-state index contributed by atoms with van der Waals surface area (Å²) in [5.41, 5.74) is 2.22. The molecule has 0 aliphatic carbocycles. The van der Waals surface area contributed by atoms with Crippen LogP contribution in [0.25, 0.3) is 33.2 Å². The third-order valence-corrected chi connectivity index (χ3v) is 6.03. The standard InChI is InChI=1S/C26H19F3N2O4/c1-30(26(33)34)23-11-17-8-16(9-21(24(17)35-23)14-2-5-18(27)6-3-14)20-7-4-15(10-22(20)29)25(32)31-12-19(28)13-31/h2-11,19H,12-13H2,1H3,(H,33,34). The second-order valence-corrected chi connectivity index (χ2v) is 8.38. The van der Waals surface area contributed by atoms with Gasteiger partial charge in [-0.15, -0.1) is 0 Å². The Morgan fingerprint density at radius 2 is 1.69 bits per heavy atom. The number of nitrogens with zero attached hydrogens (tertiary/aromatic N) is 2. The van der Waals surface area contributed by atoms with Crippen LogP contribution in [0.5, 0.6) is 0 Å². The second kappa shape index (κ2) is 8.50. The number of amides is 2. The molecule has 4 aromatic rings. The van der Waals surface area contributed by atoms with Gasteiger partial charge in [-0.2, -0.15) is 0 Å². The molecule has 0 atom stereocenters. The molecule has 1 N–H and O–H groups in total. The number of rotatable bonds is 4. The highest BCUT2D eigenvalue weighted by Gasteiger charge is 2.31. The van der Waals surface area contributed by atoms with Crippen LogP contribution < -0.4 is 4.90 Å². The molecule has 1 aliphatic heterocycles. The first-order valence-electron chi connectivity index (χ1n) is 10.7. The van der Waals surface area contributed by atoms with E-state index >= 15 is 4.39 Å². The van der Waals surface area contributed by atoms with Gasteiger partial charge >= 0.3 is 6.09 Å². The lowest BCUT2D eigenvalue weighted by Crippen LogP contribution is -2.51. The van der Waals surface area contributed by atoms with E-state index in [1.807, 2.05) is 0 Å². The van der Waals surface area contributed by atoms with Gasteiger partial charge in [0, 0.05) is 35.2 Å². The van der Waals surface area contributed by atoms with E-state index in [4.69, 9.17) is 4.42 Å². The molecule has 178 valence electrons. The number of likely N-dealkylation sites (tertiary alicyclic amines) is 1. The topological polar surface area (TPSA) is 74.0 Å². The average molecular weight is 480 g/mol. The number of carboxylic acid groups (broad SMARTS) is 1. The summed E-state index contributed by atoms with van der Waals surface area (Å²) in [5.74, 6) is -1.46. The maximum atomic E-state index is 15.2. The molecule has 0 spiro atoms. The monoisotopic (exact) mass is 480 g/mol. The Bertz CT molecular complexity index is 1460. The fraction of sp³-hybridized carbons (Fsp3) is 0.154. The highest BCUT2D eigenvalue weighted by Crippen LogP contribution is 2.39. The third-order valence-electron chi connectivity index (χ3n) is 6.03. The molecule has 3 aromatic carbocycles. The predicted octanol–water partition coefficient (Wildman–Crippen LogP) is 5.95. The number of hydrogen-bond acceptors (Lipinski definition) is 3. The van der Waals surface area contributed by atoms with Crippen LogP contribution in [-0.2, 0) is 0 Å². The van der Waals surface area contributed by atoms with E-state index in [0.717, 1.165) is 11.0 Å². The first kappa shape index (κ1) is 22.5. The second-order valence-electron chi connectivity index (χ2n) is 8.38. The zero-order valence-corrected chi connectivity index (χ0v) is 18.5. The molecule has 6 nitrogen and oxygen atoms in total. The molecule has 5 rings (SSSR count). The molecule has 1 aromatic heterocycles. The lowest BCUT2D eigenvalue weighted by molar-refractivity contribution is 0.0400. The van der Waals surface area contributed by atoms with E-state index in [1.54, 1.807) is 24.3 Å². The van der Waals surface area contributed by atoms with Crippen LogP contribution in [0, 0.1) is 11.6 Å². The van der Waals surface area contributed by atoms with Gasteiger partial charge in [0.25, 0.3) is 5.91 Å². The van der Waals surface area contributed by atoms with Gasteiger partial charge in [0.1, 0.15) is 23.4 Å². The van der Waals surface area contributed by atoms with Gasteiger partial charge in [0.05, 0.1) is 13.1 Å². The quantitative estimate of drug-likeness (QED) is 0.392. The minimum Gasteiger partial charge on any atom is -0.465 e. The lowest BCUT2D eigenvalue weighted by atomic mass is 9.95. The molecule has 35 heavy (non-hydrogen) atoms. The van der Waals surface area contributed by atoms with E-state index in [0.29, 0.717) is 27.7 Å². The Balaban J connectivity index is 1.61. The molecular formula is C26H19F3N2O4. The summed E-state index contributed by atoms with van der Waals surface area (Å²) in [4.78, 5) is 26.1. The number of benzene rings is 3. The van der Waals surface area contributed by atoms with E-state index in [2.05, 4.69) is 0 Å². The van der Waals surface area contributed by atoms with Crippen molar-refractivity contribution in [1.82, 2.24) is 4.90 Å². The molecular weight excluding hydrogens is 461 g/mol. The van der Waals surface area contributed by atoms with E-state index < -0.39 is 29.8 Å². The van der Waals surface area contributed by atoms with Crippen LogP contribution in [0.15, 0.2) is 65.1 Å². The molecule has 1 aliphatic rings. The molecule has 0 saturated carbocycles. The summed E-state index contributed by atoms with van der Waals surface area (Å²) in [6.45, 7) is -0.0129. The van der Waals surface area contributed by atoms with Gasteiger partial charge in [-0.05, 0) is 47.5 Å². The average Bonchev–Trinajstić information content (AvgIpc) is 3.25. The summed E-state index contributed by atoms with van der Waals surface area (Å²) in [6.07, 6.45) is -2.28. The molecule has 1 fully saturated rings. The van der Waals surface area contributed by atoms with Gasteiger partial charge < -0.3 is 14.4 Å². The van der Waals surface area contributed by atoms with Crippen molar-refractivity contribution in [2.75, 3.05) is 25.0 Å². The van der Waals surface area contributed by atoms with Crippen molar-refractivity contribution in [3.8, 4) is 22.3 Å². The van der Waals surface area contributed by atoms with E-state index in [9.17, 15) is 23.5 Å². The number of fused-ring (bicyclic) bond motifs is 1. The zero-order chi connectivity index (χ0) is 24.9. The number of halogens is 3. The smallest absolute Gasteiger partial charge is 0.413 e. The van der Waals surface area contributed by atoms with Gasteiger partial charge in [-0.25, -0.2) is 18.0 Å². The first-order chi connectivity index (χ1) is 16.7.